The lowest BCUT2D eigenvalue weighted by Gasteiger charge is -2.24. The first-order chi connectivity index (χ1) is 17.3. The van der Waals surface area contributed by atoms with E-state index in [1.54, 1.807) is 27.2 Å². The van der Waals surface area contributed by atoms with Crippen LogP contribution in [0.5, 0.6) is 11.5 Å². The molecule has 0 aliphatic heterocycles. The maximum atomic E-state index is 13.0. The molecular weight excluding hydrogens is 464 g/mol. The Bertz CT molecular complexity index is 1380. The lowest BCUT2D eigenvalue weighted by atomic mass is 9.81. The van der Waals surface area contributed by atoms with Crippen molar-refractivity contribution < 1.29 is 28.6 Å². The first-order valence-corrected chi connectivity index (χ1v) is 11.4. The first-order valence-electron chi connectivity index (χ1n) is 11.4. The normalized spacial score (nSPS) is 14.5. The number of nitrogens with one attached hydrogen (secondary N) is 2. The number of amides is 1. The molecule has 0 fully saturated rings. The van der Waals surface area contributed by atoms with Gasteiger partial charge < -0.3 is 24.5 Å². The van der Waals surface area contributed by atoms with Gasteiger partial charge in [-0.05, 0) is 67.3 Å². The summed E-state index contributed by atoms with van der Waals surface area (Å²) in [6, 6.07) is 12.9. The minimum atomic E-state index is -0.655. The van der Waals surface area contributed by atoms with E-state index in [0.717, 1.165) is 5.56 Å². The van der Waals surface area contributed by atoms with Crippen molar-refractivity contribution in [2.45, 2.75) is 25.7 Å². The van der Waals surface area contributed by atoms with Gasteiger partial charge in [0, 0.05) is 23.4 Å². The number of aromatic amines is 1. The predicted octanol–water partition coefficient (Wildman–Crippen LogP) is 3.73. The Morgan fingerprint density at radius 2 is 1.69 bits per heavy atom. The smallest absolute Gasteiger partial charge is 0.338 e. The van der Waals surface area contributed by atoms with E-state index in [0.29, 0.717) is 40.4 Å². The number of benzene rings is 2. The molecule has 1 aliphatic rings. The van der Waals surface area contributed by atoms with Gasteiger partial charge in [-0.25, -0.2) is 4.79 Å². The molecule has 1 amide bonds. The maximum absolute atomic E-state index is 13.0. The van der Waals surface area contributed by atoms with E-state index in [4.69, 9.17) is 14.2 Å². The van der Waals surface area contributed by atoms with Crippen LogP contribution in [0.2, 0.25) is 0 Å². The van der Waals surface area contributed by atoms with Crippen LogP contribution in [0.1, 0.15) is 61.6 Å². The van der Waals surface area contributed by atoms with Crippen molar-refractivity contribution in [1.29, 1.82) is 0 Å². The highest BCUT2D eigenvalue weighted by Gasteiger charge is 2.29. The van der Waals surface area contributed by atoms with Crippen LogP contribution in [-0.4, -0.2) is 43.5 Å². The number of rotatable bonds is 7. The summed E-state index contributed by atoms with van der Waals surface area (Å²) >= 11 is 0. The highest BCUT2D eigenvalue weighted by molar-refractivity contribution is 6.07. The molecule has 0 unspecified atom stereocenters. The number of H-pyrrole nitrogens is 1. The molecule has 9 nitrogen and oxygen atoms in total. The lowest BCUT2D eigenvalue weighted by Crippen LogP contribution is -2.29. The van der Waals surface area contributed by atoms with Gasteiger partial charge in [-0.1, -0.05) is 6.07 Å². The molecule has 1 aliphatic carbocycles. The monoisotopic (exact) mass is 490 g/mol. The van der Waals surface area contributed by atoms with Crippen LogP contribution in [0.4, 0.5) is 5.69 Å². The van der Waals surface area contributed by atoms with E-state index in [1.165, 1.54) is 30.3 Å². The van der Waals surface area contributed by atoms with Crippen molar-refractivity contribution in [2.24, 2.45) is 0 Å². The van der Waals surface area contributed by atoms with Gasteiger partial charge in [0.2, 0.25) is 0 Å². The second-order valence-electron chi connectivity index (χ2n) is 8.30. The van der Waals surface area contributed by atoms with Crippen LogP contribution in [0, 0.1) is 0 Å². The van der Waals surface area contributed by atoms with E-state index >= 15 is 0 Å². The molecule has 36 heavy (non-hydrogen) atoms. The molecule has 2 N–H and O–H groups in total. The number of methoxy groups -OCH3 is 2. The van der Waals surface area contributed by atoms with Crippen molar-refractivity contribution in [3.63, 3.8) is 0 Å². The van der Waals surface area contributed by atoms with Crippen LogP contribution in [0.25, 0.3) is 0 Å². The molecule has 1 aromatic heterocycles. The third-order valence-corrected chi connectivity index (χ3v) is 6.08. The second-order valence-corrected chi connectivity index (χ2v) is 8.30. The fourth-order valence-electron chi connectivity index (χ4n) is 4.24. The standard InChI is InChI=1S/C27H26N2O7/c1-4-36-27(33)15-5-8-18(9-6-15)28-25(31)20-14-19-21(29-26(20)32)11-17(12-22(19)30)16-7-10-23(34-2)24(13-16)35-3/h5-10,13-14,17H,4,11-12H2,1-3H3,(H,28,31)(H,29,32)/t17-/m0/s1. The Labute approximate surface area is 207 Å². The number of esters is 1. The highest BCUT2D eigenvalue weighted by atomic mass is 16.5. The summed E-state index contributed by atoms with van der Waals surface area (Å²) in [7, 11) is 3.09. The Morgan fingerprint density at radius 3 is 2.36 bits per heavy atom. The fraction of sp³-hybridized carbons (Fsp3) is 0.259. The summed E-state index contributed by atoms with van der Waals surface area (Å²) in [5, 5.41) is 2.63. The molecule has 0 bridgehead atoms. The number of fused-ring (bicyclic) bond motifs is 1. The van der Waals surface area contributed by atoms with Crippen molar-refractivity contribution in [2.75, 3.05) is 26.1 Å². The predicted molar refractivity (Wildman–Crippen MR) is 132 cm³/mol. The number of hydrogen-bond acceptors (Lipinski definition) is 7. The molecule has 0 spiro atoms. The zero-order chi connectivity index (χ0) is 25.8. The number of carbonyl (C=O) groups excluding carboxylic acids is 3. The number of carbonyl (C=O) groups is 3. The van der Waals surface area contributed by atoms with Gasteiger partial charge in [0.15, 0.2) is 17.3 Å². The van der Waals surface area contributed by atoms with Gasteiger partial charge in [0.05, 0.1) is 26.4 Å². The molecule has 2 aromatic carbocycles. The summed E-state index contributed by atoms with van der Waals surface area (Å²) in [5.74, 6) is -0.297. The van der Waals surface area contributed by atoms with Crippen molar-refractivity contribution in [1.82, 2.24) is 4.98 Å². The maximum Gasteiger partial charge on any atom is 0.338 e. The van der Waals surface area contributed by atoms with Crippen molar-refractivity contribution in [3.8, 4) is 11.5 Å². The molecule has 0 radical (unpaired) electrons. The summed E-state index contributed by atoms with van der Waals surface area (Å²) in [4.78, 5) is 53.1. The third-order valence-electron chi connectivity index (χ3n) is 6.08. The van der Waals surface area contributed by atoms with Crippen LogP contribution < -0.4 is 20.3 Å². The molecule has 4 rings (SSSR count). The zero-order valence-electron chi connectivity index (χ0n) is 20.2. The highest BCUT2D eigenvalue weighted by Crippen LogP contribution is 2.36. The second kappa shape index (κ2) is 10.5. The Balaban J connectivity index is 1.54. The molecule has 1 heterocycles. The van der Waals surface area contributed by atoms with Crippen molar-refractivity contribution >= 4 is 23.3 Å². The van der Waals surface area contributed by atoms with E-state index in [9.17, 15) is 19.2 Å². The summed E-state index contributed by atoms with van der Waals surface area (Å²) in [6.07, 6.45) is 0.661. The van der Waals surface area contributed by atoms with Gasteiger partial charge in [0.1, 0.15) is 5.56 Å². The molecule has 0 saturated carbocycles. The number of pyridine rings is 1. The number of ether oxygens (including phenoxy) is 3. The van der Waals surface area contributed by atoms with Gasteiger partial charge in [-0.2, -0.15) is 0 Å². The van der Waals surface area contributed by atoms with Gasteiger partial charge >= 0.3 is 5.97 Å². The molecule has 0 saturated heterocycles. The molecule has 1 atom stereocenters. The summed E-state index contributed by atoms with van der Waals surface area (Å²) < 4.78 is 15.6. The van der Waals surface area contributed by atoms with E-state index in [-0.39, 0.29) is 30.3 Å². The Hall–Kier alpha value is -4.40. The molecule has 9 heteroatoms. The van der Waals surface area contributed by atoms with Crippen LogP contribution in [0.3, 0.4) is 0 Å². The number of anilines is 1. The Morgan fingerprint density at radius 1 is 0.972 bits per heavy atom. The quantitative estimate of drug-likeness (QED) is 0.484. The van der Waals surface area contributed by atoms with Crippen LogP contribution >= 0.6 is 0 Å². The van der Waals surface area contributed by atoms with Crippen LogP contribution in [0.15, 0.2) is 53.3 Å². The summed E-state index contributed by atoms with van der Waals surface area (Å²) in [6.45, 7) is 1.97. The van der Waals surface area contributed by atoms with E-state index < -0.39 is 17.4 Å². The molecule has 3 aromatic rings. The van der Waals surface area contributed by atoms with Gasteiger partial charge in [-0.15, -0.1) is 0 Å². The Kier molecular flexibility index (Phi) is 7.19. The molecule has 186 valence electrons. The van der Waals surface area contributed by atoms with Crippen molar-refractivity contribution in [3.05, 3.63) is 86.8 Å². The van der Waals surface area contributed by atoms with E-state index in [2.05, 4.69) is 10.3 Å². The molecular formula is C27H26N2O7. The fourth-order valence-corrected chi connectivity index (χ4v) is 4.24. The minimum absolute atomic E-state index is 0.155. The van der Waals surface area contributed by atoms with Gasteiger partial charge in [0.25, 0.3) is 11.5 Å². The third kappa shape index (κ3) is 5.00. The number of aromatic nitrogens is 1. The SMILES string of the molecule is CCOC(=O)c1ccc(NC(=O)c2cc3c([nH]c2=O)C[C@H](c2ccc(OC)c(OC)c2)CC3=O)cc1. The number of Topliss-reactive ketones (excluding diaryl/α,β-unsaturated/α-hetero) is 1. The number of hydrogen-bond donors (Lipinski definition) is 2. The lowest BCUT2D eigenvalue weighted by molar-refractivity contribution is 0.0526. The average molecular weight is 491 g/mol. The van der Waals surface area contributed by atoms with Crippen LogP contribution in [-0.2, 0) is 11.2 Å². The zero-order valence-corrected chi connectivity index (χ0v) is 20.2. The summed E-state index contributed by atoms with van der Waals surface area (Å²) in [5.41, 5.74) is 1.69. The number of ketones is 1. The van der Waals surface area contributed by atoms with Gasteiger partial charge in [-0.3, -0.25) is 14.4 Å². The topological polar surface area (TPSA) is 124 Å². The van der Waals surface area contributed by atoms with E-state index in [1.807, 2.05) is 12.1 Å². The largest absolute Gasteiger partial charge is 0.493 e. The first kappa shape index (κ1) is 24.7. The minimum Gasteiger partial charge on any atom is -0.493 e. The average Bonchev–Trinajstić information content (AvgIpc) is 2.88.